The van der Waals surface area contributed by atoms with Crippen LogP contribution in [0.5, 0.6) is 5.75 Å². The van der Waals surface area contributed by atoms with Gasteiger partial charge in [0.05, 0.1) is 23.9 Å². The minimum absolute atomic E-state index is 0.0559. The number of likely N-dealkylation sites (N-methyl/N-ethyl adjacent to an activating group) is 1. The van der Waals surface area contributed by atoms with Crippen molar-refractivity contribution in [1.29, 1.82) is 0 Å². The monoisotopic (exact) mass is 435 g/mol. The van der Waals surface area contributed by atoms with Crippen molar-refractivity contribution in [2.45, 2.75) is 19.9 Å². The Balaban J connectivity index is 1.66. The van der Waals surface area contributed by atoms with E-state index >= 15 is 0 Å². The van der Waals surface area contributed by atoms with E-state index in [9.17, 15) is 14.4 Å². The molecule has 0 aromatic heterocycles. The Morgan fingerprint density at radius 2 is 1.84 bits per heavy atom. The molecule has 0 spiro atoms. The third-order valence-corrected chi connectivity index (χ3v) is 5.51. The average Bonchev–Trinajstić information content (AvgIpc) is 3.19. The lowest BCUT2D eigenvalue weighted by molar-refractivity contribution is -0.136. The number of hydrogen-bond acceptors (Lipinski definition) is 5. The van der Waals surface area contributed by atoms with Crippen molar-refractivity contribution >= 4 is 23.6 Å². The number of nitrogens with one attached hydrogen (secondary N) is 1. The Kier molecular flexibility index (Phi) is 6.11. The van der Waals surface area contributed by atoms with Gasteiger partial charge >= 0.3 is 12.0 Å². The molecule has 0 saturated carbocycles. The number of nitrogens with zero attached hydrogens (tertiary/aromatic N) is 2. The molecule has 0 bridgehead atoms. The maximum atomic E-state index is 13.1. The fraction of sp³-hybridized carbons (Fsp3) is 0.292. The van der Waals surface area contributed by atoms with Gasteiger partial charge in [-0.15, -0.1) is 0 Å². The molecule has 2 aromatic rings. The van der Waals surface area contributed by atoms with Gasteiger partial charge in [-0.3, -0.25) is 9.69 Å². The molecule has 0 saturated heterocycles. The molecule has 2 aliphatic heterocycles. The summed E-state index contributed by atoms with van der Waals surface area (Å²) in [7, 11) is 0. The second-order valence-electron chi connectivity index (χ2n) is 7.35. The van der Waals surface area contributed by atoms with Crippen molar-refractivity contribution in [3.63, 3.8) is 0 Å². The van der Waals surface area contributed by atoms with Crippen LogP contribution in [-0.2, 0) is 14.3 Å². The van der Waals surface area contributed by atoms with Crippen molar-refractivity contribution in [3.05, 3.63) is 71.4 Å². The predicted molar refractivity (Wildman–Crippen MR) is 118 cm³/mol. The van der Waals surface area contributed by atoms with Crippen molar-refractivity contribution < 1.29 is 23.9 Å². The van der Waals surface area contributed by atoms with E-state index in [4.69, 9.17) is 9.47 Å². The number of amides is 3. The van der Waals surface area contributed by atoms with Gasteiger partial charge in [0.1, 0.15) is 18.9 Å². The molecule has 0 aliphatic carbocycles. The number of carbonyl (C=O) groups excluding carboxylic acids is 3. The Morgan fingerprint density at radius 3 is 2.56 bits per heavy atom. The van der Waals surface area contributed by atoms with Crippen LogP contribution in [0.4, 0.5) is 10.5 Å². The van der Waals surface area contributed by atoms with Gasteiger partial charge in [0, 0.05) is 17.8 Å². The number of ether oxygens (including phenoxy) is 2. The molecule has 8 heteroatoms. The Hall–Kier alpha value is -3.81. The minimum Gasteiger partial charge on any atom is -0.494 e. The first-order valence-corrected chi connectivity index (χ1v) is 10.6. The summed E-state index contributed by atoms with van der Waals surface area (Å²) in [5, 5.41) is 2.86. The van der Waals surface area contributed by atoms with Crippen LogP contribution in [0.15, 0.2) is 65.9 Å². The fourth-order valence-electron chi connectivity index (χ4n) is 4.05. The van der Waals surface area contributed by atoms with Crippen molar-refractivity contribution in [2.75, 3.05) is 31.2 Å². The number of urea groups is 1. The fourth-order valence-corrected chi connectivity index (χ4v) is 4.05. The van der Waals surface area contributed by atoms with Crippen LogP contribution in [0.3, 0.4) is 0 Å². The quantitative estimate of drug-likeness (QED) is 0.676. The number of cyclic esters (lactones) is 1. The van der Waals surface area contributed by atoms with Crippen LogP contribution in [0.1, 0.15) is 25.5 Å². The summed E-state index contributed by atoms with van der Waals surface area (Å²) < 4.78 is 11.0. The van der Waals surface area contributed by atoms with Gasteiger partial charge in [-0.1, -0.05) is 36.4 Å². The van der Waals surface area contributed by atoms with Crippen LogP contribution in [0.25, 0.3) is 0 Å². The lowest BCUT2D eigenvalue weighted by Gasteiger charge is -2.34. The number of anilines is 1. The first-order valence-electron chi connectivity index (χ1n) is 10.6. The second-order valence-corrected chi connectivity index (χ2v) is 7.35. The third kappa shape index (κ3) is 3.91. The Morgan fingerprint density at radius 1 is 1.12 bits per heavy atom. The third-order valence-electron chi connectivity index (χ3n) is 5.51. The first kappa shape index (κ1) is 21.4. The molecule has 0 fully saturated rings. The zero-order valence-corrected chi connectivity index (χ0v) is 18.0. The minimum atomic E-state index is -0.710. The number of carbonyl (C=O) groups is 3. The number of esters is 1. The normalized spacial score (nSPS) is 17.6. The van der Waals surface area contributed by atoms with Crippen molar-refractivity contribution in [1.82, 2.24) is 10.2 Å². The summed E-state index contributed by atoms with van der Waals surface area (Å²) >= 11 is 0. The van der Waals surface area contributed by atoms with Gasteiger partial charge in [0.25, 0.3) is 0 Å². The van der Waals surface area contributed by atoms with E-state index in [0.717, 1.165) is 5.69 Å². The Bertz CT molecular complexity index is 1070. The average molecular weight is 435 g/mol. The van der Waals surface area contributed by atoms with E-state index in [2.05, 4.69) is 5.32 Å². The van der Waals surface area contributed by atoms with E-state index in [1.165, 1.54) is 4.90 Å². The highest BCUT2D eigenvalue weighted by Gasteiger charge is 2.43. The largest absolute Gasteiger partial charge is 0.494 e. The van der Waals surface area contributed by atoms with Gasteiger partial charge in [-0.2, -0.15) is 0 Å². The summed E-state index contributed by atoms with van der Waals surface area (Å²) in [6, 6.07) is 15.3. The molecule has 0 radical (unpaired) electrons. The highest BCUT2D eigenvalue weighted by Crippen LogP contribution is 2.38. The van der Waals surface area contributed by atoms with Gasteiger partial charge in [0.15, 0.2) is 0 Å². The molecule has 2 heterocycles. The lowest BCUT2D eigenvalue weighted by Crippen LogP contribution is -2.51. The lowest BCUT2D eigenvalue weighted by atomic mass is 9.95. The van der Waals surface area contributed by atoms with Gasteiger partial charge < -0.3 is 19.7 Å². The van der Waals surface area contributed by atoms with E-state index in [1.54, 1.807) is 17.0 Å². The molecule has 3 amide bonds. The number of hydrogen-bond donors (Lipinski definition) is 1. The topological polar surface area (TPSA) is 88.2 Å². The van der Waals surface area contributed by atoms with Crippen molar-refractivity contribution in [3.8, 4) is 5.75 Å². The summed E-state index contributed by atoms with van der Waals surface area (Å²) in [4.78, 5) is 41.7. The summed E-state index contributed by atoms with van der Waals surface area (Å²) in [5.74, 6) is -0.185. The zero-order chi connectivity index (χ0) is 22.7. The number of rotatable bonds is 7. The molecular weight excluding hydrogens is 410 g/mol. The Labute approximate surface area is 186 Å². The standard InChI is InChI=1S/C24H25N3O5/c1-3-26(16-10-6-5-7-11-16)20(28)14-27-18-15-32-23(29)21(18)22(25-24(27)30)17-12-8-9-13-19(17)31-4-2/h5-13,22H,3-4,14-15H2,1-2H3,(H,25,30). The van der Waals surface area contributed by atoms with Crippen molar-refractivity contribution in [2.24, 2.45) is 0 Å². The maximum Gasteiger partial charge on any atom is 0.338 e. The van der Waals surface area contributed by atoms with E-state index in [-0.39, 0.29) is 19.1 Å². The smallest absolute Gasteiger partial charge is 0.338 e. The van der Waals surface area contributed by atoms with E-state index in [0.29, 0.717) is 35.7 Å². The van der Waals surface area contributed by atoms with Crippen LogP contribution in [0, 0.1) is 0 Å². The SMILES string of the molecule is CCOc1ccccc1C1NC(=O)N(CC(=O)N(CC)c2ccccc2)C2=C1C(=O)OC2. The second kappa shape index (κ2) is 9.13. The number of benzene rings is 2. The molecule has 8 nitrogen and oxygen atoms in total. The molecule has 32 heavy (non-hydrogen) atoms. The van der Waals surface area contributed by atoms with Crippen LogP contribution in [0.2, 0.25) is 0 Å². The van der Waals surface area contributed by atoms with Crippen LogP contribution >= 0.6 is 0 Å². The molecule has 4 rings (SSSR count). The highest BCUT2D eigenvalue weighted by molar-refractivity contribution is 6.01. The van der Waals surface area contributed by atoms with Gasteiger partial charge in [-0.25, -0.2) is 9.59 Å². The first-order chi connectivity index (χ1) is 15.5. The van der Waals surface area contributed by atoms with Gasteiger partial charge in [-0.05, 0) is 32.0 Å². The summed E-state index contributed by atoms with van der Waals surface area (Å²) in [6.45, 7) is 4.37. The van der Waals surface area contributed by atoms with Crippen LogP contribution < -0.4 is 15.0 Å². The molecule has 2 aromatic carbocycles. The predicted octanol–water partition coefficient (Wildman–Crippen LogP) is 3.02. The van der Waals surface area contributed by atoms with E-state index in [1.807, 2.05) is 56.3 Å². The van der Waals surface area contributed by atoms with E-state index < -0.39 is 18.0 Å². The molecule has 1 atom stereocenters. The maximum absolute atomic E-state index is 13.1. The van der Waals surface area contributed by atoms with Crippen LogP contribution in [-0.4, -0.2) is 49.1 Å². The molecule has 1 unspecified atom stereocenters. The summed E-state index contributed by atoms with van der Waals surface area (Å²) in [5.41, 5.74) is 2.15. The summed E-state index contributed by atoms with van der Waals surface area (Å²) in [6.07, 6.45) is 0. The molecule has 166 valence electrons. The molecule has 1 N–H and O–H groups in total. The highest BCUT2D eigenvalue weighted by atomic mass is 16.5. The number of para-hydroxylation sites is 2. The molecular formula is C24H25N3O5. The molecule has 2 aliphatic rings. The zero-order valence-electron chi connectivity index (χ0n) is 18.0. The van der Waals surface area contributed by atoms with Gasteiger partial charge in [0.2, 0.25) is 5.91 Å².